The van der Waals surface area contributed by atoms with Crippen molar-refractivity contribution in [2.75, 3.05) is 5.32 Å². The molecule has 0 unspecified atom stereocenters. The summed E-state index contributed by atoms with van der Waals surface area (Å²) in [4.78, 5) is 12.5. The van der Waals surface area contributed by atoms with E-state index in [1.54, 1.807) is 12.3 Å². The number of rotatable bonds is 4. The summed E-state index contributed by atoms with van der Waals surface area (Å²) in [5.74, 6) is -0.135. The average molecular weight is 370 g/mol. The fraction of sp³-hybridized carbons (Fsp3) is 0.312. The normalized spacial score (nSPS) is 10.7. The number of hydrogen-bond donors (Lipinski definition) is 1. The Hall–Kier alpha value is -1.26. The van der Waals surface area contributed by atoms with Crippen LogP contribution in [0, 0.1) is 13.8 Å². The molecular weight excluding hydrogens is 352 g/mol. The number of amides is 1. The first-order valence-corrected chi connectivity index (χ1v) is 8.03. The number of carbonyl (C=O) groups is 1. The van der Waals surface area contributed by atoms with Crippen molar-refractivity contribution in [2.24, 2.45) is 0 Å². The Morgan fingerprint density at radius 3 is 2.48 bits per heavy atom. The number of aromatic nitrogens is 1. The topological polar surface area (TPSA) is 34.0 Å². The van der Waals surface area contributed by atoms with Gasteiger partial charge in [0.1, 0.15) is 5.69 Å². The Morgan fingerprint density at radius 2 is 1.90 bits per heavy atom. The van der Waals surface area contributed by atoms with Crippen molar-refractivity contribution < 1.29 is 4.79 Å². The zero-order valence-electron chi connectivity index (χ0n) is 12.3. The molecule has 2 aromatic rings. The molecule has 0 fully saturated rings. The zero-order valence-corrected chi connectivity index (χ0v) is 14.7. The number of nitrogens with one attached hydrogen (secondary N) is 1. The third kappa shape index (κ3) is 3.69. The minimum Gasteiger partial charge on any atom is -0.342 e. The minimum atomic E-state index is -0.135. The van der Waals surface area contributed by atoms with E-state index in [4.69, 9.17) is 11.6 Å². The highest BCUT2D eigenvalue weighted by Crippen LogP contribution is 2.26. The lowest BCUT2D eigenvalue weighted by atomic mass is 10.1. The van der Waals surface area contributed by atoms with Gasteiger partial charge in [-0.1, -0.05) is 34.5 Å². The Morgan fingerprint density at radius 1 is 1.29 bits per heavy atom. The molecule has 1 heterocycles. The maximum atomic E-state index is 12.5. The first-order valence-electron chi connectivity index (χ1n) is 6.86. The highest BCUT2D eigenvalue weighted by Gasteiger charge is 2.15. The third-order valence-corrected chi connectivity index (χ3v) is 3.96. The van der Waals surface area contributed by atoms with Crippen molar-refractivity contribution >= 4 is 39.1 Å². The molecule has 0 atom stereocenters. The van der Waals surface area contributed by atoms with Crippen molar-refractivity contribution in [3.8, 4) is 0 Å². The van der Waals surface area contributed by atoms with Crippen LogP contribution in [0.2, 0.25) is 5.02 Å². The number of hydrogen-bond acceptors (Lipinski definition) is 1. The molecule has 0 saturated carbocycles. The van der Waals surface area contributed by atoms with Crippen LogP contribution in [0.4, 0.5) is 5.69 Å². The molecule has 3 nitrogen and oxygen atoms in total. The summed E-state index contributed by atoms with van der Waals surface area (Å²) in [6, 6.07) is 5.68. The van der Waals surface area contributed by atoms with E-state index < -0.39 is 0 Å². The van der Waals surface area contributed by atoms with Crippen LogP contribution >= 0.6 is 27.5 Å². The Labute approximate surface area is 138 Å². The number of aryl methyl sites for hydroxylation is 3. The van der Waals surface area contributed by atoms with Gasteiger partial charge in [0.15, 0.2) is 0 Å². The second-order valence-corrected chi connectivity index (χ2v) is 6.46. The second kappa shape index (κ2) is 6.67. The Kier molecular flexibility index (Phi) is 5.12. The van der Waals surface area contributed by atoms with Crippen molar-refractivity contribution in [3.05, 3.63) is 50.7 Å². The van der Waals surface area contributed by atoms with Gasteiger partial charge in [-0.3, -0.25) is 4.79 Å². The molecule has 5 heteroatoms. The van der Waals surface area contributed by atoms with Crippen LogP contribution in [0.25, 0.3) is 0 Å². The summed E-state index contributed by atoms with van der Waals surface area (Å²) in [5, 5.41) is 3.58. The molecule has 1 amide bonds. The molecular formula is C16H18BrClN2O. The fourth-order valence-electron chi connectivity index (χ4n) is 2.38. The first kappa shape index (κ1) is 16.1. The van der Waals surface area contributed by atoms with Crippen LogP contribution in [-0.2, 0) is 6.54 Å². The lowest BCUT2D eigenvalue weighted by Crippen LogP contribution is -2.18. The highest BCUT2D eigenvalue weighted by atomic mass is 79.9. The minimum absolute atomic E-state index is 0.135. The summed E-state index contributed by atoms with van der Waals surface area (Å²) >= 11 is 9.48. The van der Waals surface area contributed by atoms with E-state index in [1.807, 2.05) is 30.5 Å². The van der Waals surface area contributed by atoms with Crippen LogP contribution in [0.3, 0.4) is 0 Å². The molecule has 112 valence electrons. The van der Waals surface area contributed by atoms with Gasteiger partial charge in [0.05, 0.1) is 5.02 Å². The molecule has 21 heavy (non-hydrogen) atoms. The average Bonchev–Trinajstić information content (AvgIpc) is 2.75. The Bertz CT molecular complexity index is 656. The van der Waals surface area contributed by atoms with Gasteiger partial charge in [-0.05, 0) is 49.6 Å². The van der Waals surface area contributed by atoms with E-state index >= 15 is 0 Å². The maximum absolute atomic E-state index is 12.5. The SMILES string of the molecule is CCCn1cc(Cl)cc1C(=O)Nc1c(C)cc(Br)cc1C. The molecule has 0 aliphatic heterocycles. The van der Waals surface area contributed by atoms with Gasteiger partial charge < -0.3 is 9.88 Å². The third-order valence-electron chi connectivity index (χ3n) is 3.30. The van der Waals surface area contributed by atoms with E-state index in [0.717, 1.165) is 34.3 Å². The maximum Gasteiger partial charge on any atom is 0.272 e. The lowest BCUT2D eigenvalue weighted by molar-refractivity contribution is 0.101. The summed E-state index contributed by atoms with van der Waals surface area (Å²) in [6.07, 6.45) is 2.74. The molecule has 0 radical (unpaired) electrons. The van der Waals surface area contributed by atoms with Gasteiger partial charge in [0.25, 0.3) is 5.91 Å². The largest absolute Gasteiger partial charge is 0.342 e. The Balaban J connectivity index is 2.30. The van der Waals surface area contributed by atoms with E-state index in [2.05, 4.69) is 28.2 Å². The number of benzene rings is 1. The molecule has 0 saturated heterocycles. The van der Waals surface area contributed by atoms with Gasteiger partial charge in [-0.25, -0.2) is 0 Å². The summed E-state index contributed by atoms with van der Waals surface area (Å²) in [7, 11) is 0. The van der Waals surface area contributed by atoms with E-state index in [0.29, 0.717) is 10.7 Å². The van der Waals surface area contributed by atoms with E-state index in [1.165, 1.54) is 0 Å². The van der Waals surface area contributed by atoms with Crippen molar-refractivity contribution in [1.29, 1.82) is 0 Å². The molecule has 0 bridgehead atoms. The second-order valence-electron chi connectivity index (χ2n) is 5.11. The predicted octanol–water partition coefficient (Wildman–Crippen LogP) is 5.18. The standard InChI is InChI=1S/C16H18BrClN2O/c1-4-5-20-9-13(18)8-14(20)16(21)19-15-10(2)6-12(17)7-11(15)3/h6-9H,4-5H2,1-3H3,(H,19,21). The quantitative estimate of drug-likeness (QED) is 0.791. The molecule has 2 rings (SSSR count). The van der Waals surface area contributed by atoms with Gasteiger partial charge >= 0.3 is 0 Å². The summed E-state index contributed by atoms with van der Waals surface area (Å²) in [6.45, 7) is 6.79. The number of carbonyl (C=O) groups excluding carboxylic acids is 1. The number of anilines is 1. The molecule has 0 aliphatic rings. The number of nitrogens with zero attached hydrogens (tertiary/aromatic N) is 1. The molecule has 1 N–H and O–H groups in total. The van der Waals surface area contributed by atoms with Gasteiger partial charge in [0.2, 0.25) is 0 Å². The smallest absolute Gasteiger partial charge is 0.272 e. The van der Waals surface area contributed by atoms with Crippen molar-refractivity contribution in [1.82, 2.24) is 4.57 Å². The highest BCUT2D eigenvalue weighted by molar-refractivity contribution is 9.10. The molecule has 1 aromatic heterocycles. The molecule has 1 aromatic carbocycles. The van der Waals surface area contributed by atoms with E-state index in [9.17, 15) is 4.79 Å². The van der Waals surface area contributed by atoms with Gasteiger partial charge in [-0.15, -0.1) is 0 Å². The van der Waals surface area contributed by atoms with Crippen LogP contribution in [0.1, 0.15) is 35.0 Å². The summed E-state index contributed by atoms with van der Waals surface area (Å²) < 4.78 is 2.90. The van der Waals surface area contributed by atoms with Crippen LogP contribution < -0.4 is 5.32 Å². The number of halogens is 2. The first-order chi connectivity index (χ1) is 9.92. The van der Waals surface area contributed by atoms with Gasteiger partial charge in [-0.2, -0.15) is 0 Å². The molecule has 0 aliphatic carbocycles. The van der Waals surface area contributed by atoms with Crippen molar-refractivity contribution in [3.63, 3.8) is 0 Å². The zero-order chi connectivity index (χ0) is 15.6. The van der Waals surface area contributed by atoms with Crippen LogP contribution in [0.15, 0.2) is 28.9 Å². The molecule has 0 spiro atoms. The monoisotopic (exact) mass is 368 g/mol. The van der Waals surface area contributed by atoms with Gasteiger partial charge in [0, 0.05) is 22.9 Å². The van der Waals surface area contributed by atoms with Crippen molar-refractivity contribution in [2.45, 2.75) is 33.7 Å². The van der Waals surface area contributed by atoms with Crippen LogP contribution in [0.5, 0.6) is 0 Å². The predicted molar refractivity (Wildman–Crippen MR) is 91.3 cm³/mol. The summed E-state index contributed by atoms with van der Waals surface area (Å²) in [5.41, 5.74) is 3.48. The van der Waals surface area contributed by atoms with E-state index in [-0.39, 0.29) is 5.91 Å². The lowest BCUT2D eigenvalue weighted by Gasteiger charge is -2.13. The fourth-order valence-corrected chi connectivity index (χ4v) is 3.28. The van der Waals surface area contributed by atoms with Crippen LogP contribution in [-0.4, -0.2) is 10.5 Å².